The first-order valence-corrected chi connectivity index (χ1v) is 8.26. The average molecular weight is 277 g/mol. The second kappa shape index (κ2) is 6.84. The van der Waals surface area contributed by atoms with Crippen LogP contribution >= 0.6 is 0 Å². The number of nitrogens with zero attached hydrogens (tertiary/aromatic N) is 2. The lowest BCUT2D eigenvalue weighted by Gasteiger charge is -2.34. The van der Waals surface area contributed by atoms with Gasteiger partial charge in [0.1, 0.15) is 0 Å². The smallest absolute Gasteiger partial charge is 0.281 e. The topological polar surface area (TPSA) is 66.6 Å². The van der Waals surface area contributed by atoms with Crippen molar-refractivity contribution in [2.75, 3.05) is 32.7 Å². The first-order chi connectivity index (χ1) is 8.41. The summed E-state index contributed by atoms with van der Waals surface area (Å²) in [6, 6.07) is 0. The standard InChI is InChI=1S/C12H27N3O2S/c1-4-14(10-12(3)9-13)18(16,17)15-7-5-11(2)6-8-15/h11-12H,4-10,13H2,1-3H3. The van der Waals surface area contributed by atoms with Crippen LogP contribution in [0.2, 0.25) is 0 Å². The lowest BCUT2D eigenvalue weighted by atomic mass is 10.0. The number of nitrogens with two attached hydrogens (primary N) is 1. The van der Waals surface area contributed by atoms with Crippen LogP contribution in [-0.4, -0.2) is 49.8 Å². The normalized spacial score (nSPS) is 21.4. The predicted molar refractivity (Wildman–Crippen MR) is 74.4 cm³/mol. The van der Waals surface area contributed by atoms with Gasteiger partial charge in [-0.1, -0.05) is 20.8 Å². The van der Waals surface area contributed by atoms with E-state index in [0.717, 1.165) is 12.8 Å². The van der Waals surface area contributed by atoms with Gasteiger partial charge in [0.2, 0.25) is 0 Å². The summed E-state index contributed by atoms with van der Waals surface area (Å²) in [5, 5.41) is 0. The molecular formula is C12H27N3O2S. The van der Waals surface area contributed by atoms with Gasteiger partial charge in [-0.05, 0) is 31.2 Å². The molecule has 1 heterocycles. The minimum absolute atomic E-state index is 0.198. The molecule has 1 atom stereocenters. The fraction of sp³-hybridized carbons (Fsp3) is 1.00. The Hall–Kier alpha value is -0.170. The third-order valence-corrected chi connectivity index (χ3v) is 5.74. The molecule has 6 heteroatoms. The molecule has 0 aromatic rings. The molecule has 0 aromatic heterocycles. The highest BCUT2D eigenvalue weighted by molar-refractivity contribution is 7.86. The van der Waals surface area contributed by atoms with E-state index >= 15 is 0 Å². The van der Waals surface area contributed by atoms with Gasteiger partial charge in [-0.15, -0.1) is 0 Å². The zero-order valence-corrected chi connectivity index (χ0v) is 12.6. The SMILES string of the molecule is CCN(CC(C)CN)S(=O)(=O)N1CCC(C)CC1. The van der Waals surface area contributed by atoms with E-state index in [1.54, 1.807) is 8.61 Å². The Morgan fingerprint density at radius 2 is 1.94 bits per heavy atom. The molecule has 1 unspecified atom stereocenters. The van der Waals surface area contributed by atoms with Crippen LogP contribution in [0.4, 0.5) is 0 Å². The molecule has 0 radical (unpaired) electrons. The molecule has 0 aromatic carbocycles. The van der Waals surface area contributed by atoms with Crippen LogP contribution in [0.15, 0.2) is 0 Å². The maximum Gasteiger partial charge on any atom is 0.281 e. The van der Waals surface area contributed by atoms with Crippen molar-refractivity contribution in [3.8, 4) is 0 Å². The molecule has 5 nitrogen and oxygen atoms in total. The highest BCUT2D eigenvalue weighted by atomic mass is 32.2. The van der Waals surface area contributed by atoms with Crippen molar-refractivity contribution < 1.29 is 8.42 Å². The van der Waals surface area contributed by atoms with Gasteiger partial charge < -0.3 is 5.73 Å². The molecule has 1 aliphatic rings. The summed E-state index contributed by atoms with van der Waals surface area (Å²) >= 11 is 0. The van der Waals surface area contributed by atoms with Crippen molar-refractivity contribution in [3.63, 3.8) is 0 Å². The number of hydrogen-bond donors (Lipinski definition) is 1. The maximum absolute atomic E-state index is 12.5. The molecule has 0 amide bonds. The van der Waals surface area contributed by atoms with Crippen molar-refractivity contribution in [2.45, 2.75) is 33.6 Å². The summed E-state index contributed by atoms with van der Waals surface area (Å²) in [4.78, 5) is 0. The summed E-state index contributed by atoms with van der Waals surface area (Å²) in [7, 11) is -3.29. The molecule has 0 aliphatic carbocycles. The van der Waals surface area contributed by atoms with Crippen LogP contribution < -0.4 is 5.73 Å². The lowest BCUT2D eigenvalue weighted by Crippen LogP contribution is -2.48. The Balaban J connectivity index is 2.70. The van der Waals surface area contributed by atoms with E-state index in [1.807, 2.05) is 13.8 Å². The Bertz CT molecular complexity index is 337. The highest BCUT2D eigenvalue weighted by Crippen LogP contribution is 2.21. The van der Waals surface area contributed by atoms with Crippen molar-refractivity contribution in [1.82, 2.24) is 8.61 Å². The van der Waals surface area contributed by atoms with E-state index in [9.17, 15) is 8.42 Å². The van der Waals surface area contributed by atoms with Crippen molar-refractivity contribution in [3.05, 3.63) is 0 Å². The van der Waals surface area contributed by atoms with Gasteiger partial charge >= 0.3 is 0 Å². The Morgan fingerprint density at radius 1 is 1.39 bits per heavy atom. The minimum atomic E-state index is -3.29. The molecule has 1 fully saturated rings. The summed E-state index contributed by atoms with van der Waals surface area (Å²) in [6.45, 7) is 8.89. The van der Waals surface area contributed by atoms with Crippen LogP contribution in [0, 0.1) is 11.8 Å². The van der Waals surface area contributed by atoms with Crippen molar-refractivity contribution in [1.29, 1.82) is 0 Å². The molecule has 0 saturated carbocycles. The van der Waals surface area contributed by atoms with Crippen molar-refractivity contribution in [2.24, 2.45) is 17.6 Å². The Kier molecular flexibility index (Phi) is 6.04. The van der Waals surface area contributed by atoms with Crippen LogP contribution in [-0.2, 0) is 10.2 Å². The van der Waals surface area contributed by atoms with Gasteiger partial charge in [-0.2, -0.15) is 17.0 Å². The average Bonchev–Trinajstić information content (AvgIpc) is 2.35. The molecule has 0 bridgehead atoms. The number of piperidine rings is 1. The maximum atomic E-state index is 12.5. The van der Waals surface area contributed by atoms with Gasteiger partial charge in [-0.3, -0.25) is 0 Å². The fourth-order valence-electron chi connectivity index (χ4n) is 2.19. The van der Waals surface area contributed by atoms with Gasteiger partial charge in [0.15, 0.2) is 0 Å². The van der Waals surface area contributed by atoms with E-state index in [1.165, 1.54) is 0 Å². The third kappa shape index (κ3) is 3.91. The van der Waals surface area contributed by atoms with Crippen LogP contribution in [0.3, 0.4) is 0 Å². The van der Waals surface area contributed by atoms with Crippen LogP contribution in [0.5, 0.6) is 0 Å². The van der Waals surface area contributed by atoms with Gasteiger partial charge in [0.05, 0.1) is 0 Å². The van der Waals surface area contributed by atoms with E-state index in [-0.39, 0.29) is 5.92 Å². The minimum Gasteiger partial charge on any atom is -0.330 e. The lowest BCUT2D eigenvalue weighted by molar-refractivity contribution is 0.259. The quantitative estimate of drug-likeness (QED) is 0.784. The zero-order chi connectivity index (χ0) is 13.8. The van der Waals surface area contributed by atoms with Crippen molar-refractivity contribution >= 4 is 10.2 Å². The summed E-state index contributed by atoms with van der Waals surface area (Å²) in [5.41, 5.74) is 5.58. The molecule has 1 saturated heterocycles. The molecule has 108 valence electrons. The second-order valence-corrected chi connectivity index (χ2v) is 7.31. The zero-order valence-electron chi connectivity index (χ0n) is 11.8. The summed E-state index contributed by atoms with van der Waals surface area (Å²) < 4.78 is 28.2. The van der Waals surface area contributed by atoms with E-state index in [2.05, 4.69) is 6.92 Å². The van der Waals surface area contributed by atoms with E-state index in [0.29, 0.717) is 38.6 Å². The first-order valence-electron chi connectivity index (χ1n) is 6.87. The highest BCUT2D eigenvalue weighted by Gasteiger charge is 2.31. The molecule has 0 spiro atoms. The van der Waals surface area contributed by atoms with Gasteiger partial charge in [-0.25, -0.2) is 0 Å². The van der Waals surface area contributed by atoms with Gasteiger partial charge in [0.25, 0.3) is 10.2 Å². The third-order valence-electron chi connectivity index (χ3n) is 3.67. The Morgan fingerprint density at radius 3 is 2.39 bits per heavy atom. The van der Waals surface area contributed by atoms with Gasteiger partial charge in [0, 0.05) is 26.2 Å². The molecule has 18 heavy (non-hydrogen) atoms. The van der Waals surface area contributed by atoms with Crippen LogP contribution in [0.25, 0.3) is 0 Å². The second-order valence-electron chi connectivity index (χ2n) is 5.38. The molecule has 1 aliphatic heterocycles. The van der Waals surface area contributed by atoms with E-state index in [4.69, 9.17) is 5.73 Å². The number of hydrogen-bond acceptors (Lipinski definition) is 3. The Labute approximate surface area is 112 Å². The predicted octanol–water partition coefficient (Wildman–Crippen LogP) is 0.880. The number of rotatable bonds is 6. The fourth-order valence-corrected chi connectivity index (χ4v) is 3.96. The largest absolute Gasteiger partial charge is 0.330 e. The summed E-state index contributed by atoms with van der Waals surface area (Å²) in [5.74, 6) is 0.831. The monoisotopic (exact) mass is 277 g/mol. The van der Waals surface area contributed by atoms with Crippen LogP contribution in [0.1, 0.15) is 33.6 Å². The molecule has 2 N–H and O–H groups in total. The molecular weight excluding hydrogens is 250 g/mol. The first kappa shape index (κ1) is 15.9. The van der Waals surface area contributed by atoms with E-state index < -0.39 is 10.2 Å². The summed E-state index contributed by atoms with van der Waals surface area (Å²) in [6.07, 6.45) is 1.92. The molecule has 1 rings (SSSR count).